The van der Waals surface area contributed by atoms with Crippen LogP contribution in [-0.2, 0) is 20.9 Å². The number of ether oxygens (including phenoxy) is 1. The molecule has 2 unspecified atom stereocenters. The Balaban J connectivity index is 1.49. The highest BCUT2D eigenvalue weighted by Crippen LogP contribution is 2.33. The van der Waals surface area contributed by atoms with Crippen LogP contribution in [0.3, 0.4) is 0 Å². The lowest BCUT2D eigenvalue weighted by Gasteiger charge is -2.41. The molecular formula is C28H33Cl2N3O4. The fourth-order valence-electron chi connectivity index (χ4n) is 5.28. The van der Waals surface area contributed by atoms with E-state index in [1.54, 1.807) is 37.1 Å². The number of amides is 3. The van der Waals surface area contributed by atoms with Gasteiger partial charge in [0.2, 0.25) is 11.8 Å². The Hall–Kier alpha value is -2.61. The van der Waals surface area contributed by atoms with Crippen LogP contribution in [0.2, 0.25) is 10.0 Å². The number of carbonyl (C=O) groups excluding carboxylic acids is 3. The van der Waals surface area contributed by atoms with Gasteiger partial charge in [0, 0.05) is 63.7 Å². The molecule has 2 aliphatic rings. The Kier molecular flexibility index (Phi) is 9.11. The normalized spacial score (nSPS) is 20.5. The van der Waals surface area contributed by atoms with Gasteiger partial charge in [0.1, 0.15) is 0 Å². The summed E-state index contributed by atoms with van der Waals surface area (Å²) in [4.78, 5) is 41.9. The molecule has 2 aliphatic heterocycles. The number of rotatable bonds is 6. The summed E-state index contributed by atoms with van der Waals surface area (Å²) in [5.74, 6) is -0.221. The van der Waals surface area contributed by atoms with E-state index >= 15 is 0 Å². The molecule has 2 aromatic carbocycles. The summed E-state index contributed by atoms with van der Waals surface area (Å²) in [5.41, 5.74) is 2.50. The van der Waals surface area contributed by atoms with Crippen LogP contribution in [0.1, 0.15) is 53.6 Å². The number of halogens is 2. The highest BCUT2D eigenvalue weighted by molar-refractivity contribution is 6.42. The van der Waals surface area contributed by atoms with Crippen molar-refractivity contribution in [1.82, 2.24) is 15.1 Å². The Bertz CT molecular complexity index is 1130. The molecule has 198 valence electrons. The van der Waals surface area contributed by atoms with Crippen molar-refractivity contribution in [2.75, 3.05) is 33.3 Å². The molecule has 2 saturated heterocycles. The third kappa shape index (κ3) is 6.64. The van der Waals surface area contributed by atoms with Crippen LogP contribution >= 0.6 is 23.2 Å². The average molecular weight is 546 g/mol. The lowest BCUT2D eigenvalue weighted by Crippen LogP contribution is -2.53. The molecule has 1 N–H and O–H groups in total. The van der Waals surface area contributed by atoms with Crippen LogP contribution in [0.15, 0.2) is 42.5 Å². The summed E-state index contributed by atoms with van der Waals surface area (Å²) >= 11 is 12.5. The van der Waals surface area contributed by atoms with E-state index in [1.165, 1.54) is 0 Å². The predicted octanol–water partition coefficient (Wildman–Crippen LogP) is 4.51. The van der Waals surface area contributed by atoms with Crippen molar-refractivity contribution in [3.63, 3.8) is 0 Å². The second kappa shape index (κ2) is 12.3. The van der Waals surface area contributed by atoms with Gasteiger partial charge in [0.05, 0.1) is 16.7 Å². The molecule has 37 heavy (non-hydrogen) atoms. The molecule has 2 aromatic rings. The lowest BCUT2D eigenvalue weighted by atomic mass is 9.84. The molecule has 0 aliphatic carbocycles. The number of hydrogen-bond donors (Lipinski definition) is 1. The van der Waals surface area contributed by atoms with Crippen molar-refractivity contribution in [2.45, 2.75) is 44.8 Å². The highest BCUT2D eigenvalue weighted by Gasteiger charge is 2.37. The lowest BCUT2D eigenvalue weighted by molar-refractivity contribution is -0.141. The second-order valence-electron chi connectivity index (χ2n) is 9.84. The SMILES string of the molecule is COCc1ccc(C(=O)NC2CCN(C(=O)C3CCN(C(C)=O)CC3)CC2c2ccc(Cl)c(Cl)c2)cc1. The molecule has 2 fully saturated rings. The average Bonchev–Trinajstić information content (AvgIpc) is 2.90. The third-order valence-corrected chi connectivity index (χ3v) is 8.17. The summed E-state index contributed by atoms with van der Waals surface area (Å²) in [6.07, 6.45) is 1.97. The van der Waals surface area contributed by atoms with Gasteiger partial charge < -0.3 is 19.9 Å². The number of likely N-dealkylation sites (tertiary alicyclic amines) is 2. The first-order valence-electron chi connectivity index (χ1n) is 12.6. The molecular weight excluding hydrogens is 513 g/mol. The second-order valence-corrected chi connectivity index (χ2v) is 10.7. The number of carbonyl (C=O) groups is 3. The number of methoxy groups -OCH3 is 1. The number of nitrogens with zero attached hydrogens (tertiary/aromatic N) is 2. The summed E-state index contributed by atoms with van der Waals surface area (Å²) < 4.78 is 5.15. The first kappa shape index (κ1) is 27.4. The van der Waals surface area contributed by atoms with Gasteiger partial charge in [-0.1, -0.05) is 41.4 Å². The van der Waals surface area contributed by atoms with E-state index in [9.17, 15) is 14.4 Å². The quantitative estimate of drug-likeness (QED) is 0.579. The van der Waals surface area contributed by atoms with Crippen LogP contribution in [0.25, 0.3) is 0 Å². The smallest absolute Gasteiger partial charge is 0.251 e. The molecule has 9 heteroatoms. The summed E-state index contributed by atoms with van der Waals surface area (Å²) in [7, 11) is 1.63. The van der Waals surface area contributed by atoms with Gasteiger partial charge in [-0.15, -0.1) is 0 Å². The van der Waals surface area contributed by atoms with Gasteiger partial charge in [-0.05, 0) is 54.7 Å². The monoisotopic (exact) mass is 545 g/mol. The fraction of sp³-hybridized carbons (Fsp3) is 0.464. The molecule has 2 heterocycles. The van der Waals surface area contributed by atoms with Crippen LogP contribution in [0, 0.1) is 5.92 Å². The minimum atomic E-state index is -0.174. The van der Waals surface area contributed by atoms with Gasteiger partial charge >= 0.3 is 0 Å². The third-order valence-electron chi connectivity index (χ3n) is 7.43. The van der Waals surface area contributed by atoms with E-state index in [2.05, 4.69) is 5.32 Å². The summed E-state index contributed by atoms with van der Waals surface area (Å²) in [6, 6.07) is 12.7. The van der Waals surface area contributed by atoms with Gasteiger partial charge in [0.15, 0.2) is 0 Å². The van der Waals surface area contributed by atoms with Crippen LogP contribution in [-0.4, -0.2) is 66.9 Å². The maximum atomic E-state index is 13.4. The first-order chi connectivity index (χ1) is 17.8. The van der Waals surface area contributed by atoms with Crippen molar-refractivity contribution in [2.24, 2.45) is 5.92 Å². The van der Waals surface area contributed by atoms with Gasteiger partial charge in [-0.25, -0.2) is 0 Å². The van der Waals surface area contributed by atoms with E-state index in [0.717, 1.165) is 11.1 Å². The van der Waals surface area contributed by atoms with Gasteiger partial charge in [0.25, 0.3) is 5.91 Å². The van der Waals surface area contributed by atoms with Crippen molar-refractivity contribution in [3.05, 3.63) is 69.2 Å². The number of piperidine rings is 2. The van der Waals surface area contributed by atoms with Gasteiger partial charge in [-0.2, -0.15) is 0 Å². The van der Waals surface area contributed by atoms with E-state index in [4.69, 9.17) is 27.9 Å². The minimum absolute atomic E-state index is 0.0514. The standard InChI is InChI=1S/C28H33Cl2N3O4/c1-18(34)32-12-9-21(10-13-32)28(36)33-14-11-26(23(16-33)22-7-8-24(29)25(30)15-22)31-27(35)20-5-3-19(4-6-20)17-37-2/h3-8,15,21,23,26H,9-14,16-17H2,1-2H3,(H,31,35). The van der Waals surface area contributed by atoms with Crippen LogP contribution in [0.4, 0.5) is 0 Å². The summed E-state index contributed by atoms with van der Waals surface area (Å²) in [6.45, 7) is 4.30. The number of hydrogen-bond acceptors (Lipinski definition) is 4. The minimum Gasteiger partial charge on any atom is -0.380 e. The molecule has 0 aromatic heterocycles. The molecule has 0 spiro atoms. The van der Waals surface area contributed by atoms with E-state index < -0.39 is 0 Å². The topological polar surface area (TPSA) is 79.0 Å². The fourth-order valence-corrected chi connectivity index (χ4v) is 5.58. The van der Waals surface area contributed by atoms with Crippen molar-refractivity contribution >= 4 is 40.9 Å². The predicted molar refractivity (Wildman–Crippen MR) is 144 cm³/mol. The zero-order valence-electron chi connectivity index (χ0n) is 21.2. The van der Waals surface area contributed by atoms with Crippen molar-refractivity contribution in [1.29, 1.82) is 0 Å². The van der Waals surface area contributed by atoms with E-state index in [-0.39, 0.29) is 35.6 Å². The first-order valence-corrected chi connectivity index (χ1v) is 13.4. The molecule has 7 nitrogen and oxygen atoms in total. The maximum Gasteiger partial charge on any atom is 0.251 e. The Labute approximate surface area is 228 Å². The van der Waals surface area contributed by atoms with Crippen molar-refractivity contribution in [3.8, 4) is 0 Å². The van der Waals surface area contributed by atoms with Crippen LogP contribution in [0.5, 0.6) is 0 Å². The molecule has 0 radical (unpaired) electrons. The molecule has 0 saturated carbocycles. The number of benzene rings is 2. The summed E-state index contributed by atoms with van der Waals surface area (Å²) in [5, 5.41) is 4.10. The number of nitrogens with one attached hydrogen (secondary N) is 1. The Morgan fingerprint density at radius 3 is 2.24 bits per heavy atom. The molecule has 4 rings (SSSR count). The highest BCUT2D eigenvalue weighted by atomic mass is 35.5. The zero-order chi connectivity index (χ0) is 26.5. The molecule has 3 amide bonds. The van der Waals surface area contributed by atoms with Gasteiger partial charge in [-0.3, -0.25) is 14.4 Å². The van der Waals surface area contributed by atoms with Crippen molar-refractivity contribution < 1.29 is 19.1 Å². The zero-order valence-corrected chi connectivity index (χ0v) is 22.7. The molecule has 2 atom stereocenters. The maximum absolute atomic E-state index is 13.4. The van der Waals surface area contributed by atoms with E-state index in [1.807, 2.05) is 29.2 Å². The largest absolute Gasteiger partial charge is 0.380 e. The molecule has 0 bridgehead atoms. The Morgan fingerprint density at radius 2 is 1.62 bits per heavy atom. The Morgan fingerprint density at radius 1 is 0.946 bits per heavy atom. The van der Waals surface area contributed by atoms with E-state index in [0.29, 0.717) is 67.7 Å². The van der Waals surface area contributed by atoms with Crippen LogP contribution < -0.4 is 5.32 Å².